The number of fused-ring (bicyclic) bond motifs is 1. The average Bonchev–Trinajstić information content (AvgIpc) is 2.87. The molecule has 4 nitrogen and oxygen atoms in total. The second-order valence-corrected chi connectivity index (χ2v) is 5.76. The lowest BCUT2D eigenvalue weighted by molar-refractivity contribution is 0.795. The number of aromatic amines is 1. The Morgan fingerprint density at radius 2 is 1.86 bits per heavy atom. The second kappa shape index (κ2) is 6.18. The zero-order valence-electron chi connectivity index (χ0n) is 13.4. The molecule has 0 atom stereocenters. The maximum atomic E-state index is 4.54. The summed E-state index contributed by atoms with van der Waals surface area (Å²) in [5, 5.41) is 4.44. The SMILES string of the molecule is CCCCc1ccc(Nc2nc(C)nc3[nH]c(C)cc23)cc1. The number of unbranched alkanes of at least 4 members (excludes halogenated alkanes) is 1. The molecule has 0 fully saturated rings. The number of nitrogens with zero attached hydrogens (tertiary/aromatic N) is 2. The molecular weight excluding hydrogens is 272 g/mol. The van der Waals surface area contributed by atoms with Crippen LogP contribution in [0.2, 0.25) is 0 Å². The van der Waals surface area contributed by atoms with Crippen LogP contribution >= 0.6 is 0 Å². The van der Waals surface area contributed by atoms with E-state index < -0.39 is 0 Å². The van der Waals surface area contributed by atoms with Gasteiger partial charge in [0.2, 0.25) is 0 Å². The smallest absolute Gasteiger partial charge is 0.143 e. The number of nitrogens with one attached hydrogen (secondary N) is 2. The van der Waals surface area contributed by atoms with Crippen LogP contribution in [-0.4, -0.2) is 15.0 Å². The number of aromatic nitrogens is 3. The van der Waals surface area contributed by atoms with Crippen LogP contribution in [0.1, 0.15) is 36.8 Å². The van der Waals surface area contributed by atoms with Crippen LogP contribution in [0.4, 0.5) is 11.5 Å². The molecule has 0 bridgehead atoms. The standard InChI is InChI=1S/C18H22N4/c1-4-5-6-14-7-9-15(10-8-14)22-18-16-11-12(2)19-17(16)20-13(3)21-18/h7-11H,4-6H2,1-3H3,(H2,19,20,21,22). The van der Waals surface area contributed by atoms with Gasteiger partial charge in [-0.3, -0.25) is 0 Å². The molecule has 0 amide bonds. The number of hydrogen-bond acceptors (Lipinski definition) is 3. The number of benzene rings is 1. The van der Waals surface area contributed by atoms with Crippen molar-refractivity contribution >= 4 is 22.5 Å². The minimum absolute atomic E-state index is 0.761. The van der Waals surface area contributed by atoms with E-state index in [9.17, 15) is 0 Å². The quantitative estimate of drug-likeness (QED) is 0.719. The number of hydrogen-bond donors (Lipinski definition) is 2. The first kappa shape index (κ1) is 14.6. The van der Waals surface area contributed by atoms with Gasteiger partial charge in [-0.1, -0.05) is 25.5 Å². The lowest BCUT2D eigenvalue weighted by atomic mass is 10.1. The zero-order valence-corrected chi connectivity index (χ0v) is 13.4. The Morgan fingerprint density at radius 1 is 1.09 bits per heavy atom. The summed E-state index contributed by atoms with van der Waals surface area (Å²) in [6, 6.07) is 10.7. The number of anilines is 2. The van der Waals surface area contributed by atoms with E-state index in [-0.39, 0.29) is 0 Å². The van der Waals surface area contributed by atoms with Crippen LogP contribution in [-0.2, 0) is 6.42 Å². The monoisotopic (exact) mass is 294 g/mol. The van der Waals surface area contributed by atoms with Gasteiger partial charge in [0.1, 0.15) is 17.3 Å². The summed E-state index contributed by atoms with van der Waals surface area (Å²) in [4.78, 5) is 12.2. The van der Waals surface area contributed by atoms with Gasteiger partial charge in [0.25, 0.3) is 0 Å². The van der Waals surface area contributed by atoms with Crippen LogP contribution in [0.15, 0.2) is 30.3 Å². The maximum Gasteiger partial charge on any atom is 0.143 e. The summed E-state index contributed by atoms with van der Waals surface area (Å²) in [6.07, 6.45) is 3.61. The van der Waals surface area contributed by atoms with E-state index in [2.05, 4.69) is 57.5 Å². The van der Waals surface area contributed by atoms with Gasteiger partial charge in [-0.05, 0) is 50.5 Å². The van der Waals surface area contributed by atoms with Crippen molar-refractivity contribution in [2.45, 2.75) is 40.0 Å². The first-order valence-corrected chi connectivity index (χ1v) is 7.85. The third kappa shape index (κ3) is 3.11. The molecule has 2 N–H and O–H groups in total. The molecular formula is C18H22N4. The summed E-state index contributed by atoms with van der Waals surface area (Å²) < 4.78 is 0. The molecule has 2 aromatic heterocycles. The van der Waals surface area contributed by atoms with Gasteiger partial charge < -0.3 is 10.3 Å². The van der Waals surface area contributed by atoms with Crippen molar-refractivity contribution < 1.29 is 0 Å². The average molecular weight is 294 g/mol. The highest BCUT2D eigenvalue weighted by molar-refractivity contribution is 5.89. The van der Waals surface area contributed by atoms with E-state index in [4.69, 9.17) is 0 Å². The lowest BCUT2D eigenvalue weighted by Crippen LogP contribution is -1.98. The molecule has 3 rings (SSSR count). The molecule has 0 unspecified atom stereocenters. The Bertz CT molecular complexity index is 772. The Kier molecular flexibility index (Phi) is 4.09. The molecule has 0 saturated heterocycles. The van der Waals surface area contributed by atoms with Crippen LogP contribution in [0.5, 0.6) is 0 Å². The van der Waals surface area contributed by atoms with E-state index in [1.165, 1.54) is 18.4 Å². The molecule has 114 valence electrons. The number of aryl methyl sites for hydroxylation is 3. The molecule has 0 spiro atoms. The highest BCUT2D eigenvalue weighted by Gasteiger charge is 2.08. The summed E-state index contributed by atoms with van der Waals surface area (Å²) in [5.41, 5.74) is 4.41. The predicted octanol–water partition coefficient (Wildman–Crippen LogP) is 4.66. The fraction of sp³-hybridized carbons (Fsp3) is 0.333. The third-order valence-corrected chi connectivity index (χ3v) is 3.77. The third-order valence-electron chi connectivity index (χ3n) is 3.77. The molecule has 0 saturated carbocycles. The molecule has 0 radical (unpaired) electrons. The zero-order chi connectivity index (χ0) is 15.5. The van der Waals surface area contributed by atoms with Crippen molar-refractivity contribution in [1.29, 1.82) is 0 Å². The minimum atomic E-state index is 0.761. The highest BCUT2D eigenvalue weighted by atomic mass is 15.1. The van der Waals surface area contributed by atoms with Crippen molar-refractivity contribution in [3.8, 4) is 0 Å². The Labute approximate surface area is 131 Å². The lowest BCUT2D eigenvalue weighted by Gasteiger charge is -2.08. The first-order chi connectivity index (χ1) is 10.7. The first-order valence-electron chi connectivity index (χ1n) is 7.85. The van der Waals surface area contributed by atoms with E-state index in [1.807, 2.05) is 13.8 Å². The fourth-order valence-electron chi connectivity index (χ4n) is 2.62. The van der Waals surface area contributed by atoms with Crippen molar-refractivity contribution in [2.75, 3.05) is 5.32 Å². The topological polar surface area (TPSA) is 53.6 Å². The largest absolute Gasteiger partial charge is 0.343 e. The van der Waals surface area contributed by atoms with Crippen molar-refractivity contribution in [1.82, 2.24) is 15.0 Å². The fourth-order valence-corrected chi connectivity index (χ4v) is 2.62. The van der Waals surface area contributed by atoms with Gasteiger partial charge in [0.15, 0.2) is 0 Å². The summed E-state index contributed by atoms with van der Waals surface area (Å²) in [5.74, 6) is 1.62. The van der Waals surface area contributed by atoms with Crippen LogP contribution in [0, 0.1) is 13.8 Å². The summed E-state index contributed by atoms with van der Waals surface area (Å²) >= 11 is 0. The normalized spacial score (nSPS) is 11.0. The van der Waals surface area contributed by atoms with E-state index in [0.717, 1.165) is 40.5 Å². The molecule has 22 heavy (non-hydrogen) atoms. The van der Waals surface area contributed by atoms with Crippen LogP contribution in [0.3, 0.4) is 0 Å². The van der Waals surface area contributed by atoms with E-state index >= 15 is 0 Å². The molecule has 0 aliphatic rings. The van der Waals surface area contributed by atoms with Crippen LogP contribution < -0.4 is 5.32 Å². The maximum absolute atomic E-state index is 4.54. The highest BCUT2D eigenvalue weighted by Crippen LogP contribution is 2.24. The van der Waals surface area contributed by atoms with E-state index in [0.29, 0.717) is 0 Å². The van der Waals surface area contributed by atoms with Gasteiger partial charge in [0, 0.05) is 11.4 Å². The molecule has 3 aromatic rings. The Balaban J connectivity index is 1.86. The van der Waals surface area contributed by atoms with Gasteiger partial charge in [-0.15, -0.1) is 0 Å². The molecule has 1 aromatic carbocycles. The minimum Gasteiger partial charge on any atom is -0.343 e. The van der Waals surface area contributed by atoms with Crippen molar-refractivity contribution in [3.05, 3.63) is 47.4 Å². The Hall–Kier alpha value is -2.36. The van der Waals surface area contributed by atoms with Gasteiger partial charge in [-0.25, -0.2) is 9.97 Å². The number of rotatable bonds is 5. The number of H-pyrrole nitrogens is 1. The van der Waals surface area contributed by atoms with Gasteiger partial charge >= 0.3 is 0 Å². The predicted molar refractivity (Wildman–Crippen MR) is 91.7 cm³/mol. The Morgan fingerprint density at radius 3 is 2.59 bits per heavy atom. The second-order valence-electron chi connectivity index (χ2n) is 5.76. The van der Waals surface area contributed by atoms with Crippen LogP contribution in [0.25, 0.3) is 11.0 Å². The summed E-state index contributed by atoms with van der Waals surface area (Å²) in [6.45, 7) is 6.16. The van der Waals surface area contributed by atoms with E-state index in [1.54, 1.807) is 0 Å². The molecule has 0 aliphatic heterocycles. The molecule has 2 heterocycles. The van der Waals surface area contributed by atoms with Gasteiger partial charge in [0.05, 0.1) is 5.39 Å². The van der Waals surface area contributed by atoms with Gasteiger partial charge in [-0.2, -0.15) is 0 Å². The van der Waals surface area contributed by atoms with Crippen molar-refractivity contribution in [3.63, 3.8) is 0 Å². The molecule has 4 heteroatoms. The van der Waals surface area contributed by atoms with Crippen molar-refractivity contribution in [2.24, 2.45) is 0 Å². The summed E-state index contributed by atoms with van der Waals surface area (Å²) in [7, 11) is 0. The molecule has 0 aliphatic carbocycles.